The van der Waals surface area contributed by atoms with Crippen LogP contribution in [0.1, 0.15) is 37.8 Å². The first-order valence-corrected chi connectivity index (χ1v) is 5.54. The third-order valence-electron chi connectivity index (χ3n) is 2.59. The molecular weight excluding hydrogens is 238 g/mol. The van der Waals surface area contributed by atoms with Crippen molar-refractivity contribution in [3.8, 4) is 0 Å². The summed E-state index contributed by atoms with van der Waals surface area (Å²) in [6, 6.07) is 8.02. The molecule has 1 aromatic carbocycles. The standard InChI is InChI=1S/C13H19NO2.ClH/c1-9(2)8-11-4-6-12(7-5-11)10(3)13(15)16-14;/h4-7,9-10H,8,14H2,1-3H3;1H. The minimum Gasteiger partial charge on any atom is -0.373 e. The Balaban J connectivity index is 0.00000256. The second kappa shape index (κ2) is 7.30. The Hall–Kier alpha value is -1.06. The summed E-state index contributed by atoms with van der Waals surface area (Å²) in [4.78, 5) is 15.4. The highest BCUT2D eigenvalue weighted by atomic mass is 35.5. The summed E-state index contributed by atoms with van der Waals surface area (Å²) >= 11 is 0. The number of hydrogen-bond acceptors (Lipinski definition) is 3. The van der Waals surface area contributed by atoms with Crippen molar-refractivity contribution >= 4 is 18.4 Å². The number of carbonyl (C=O) groups is 1. The van der Waals surface area contributed by atoms with Gasteiger partial charge in [0, 0.05) is 0 Å². The predicted molar refractivity (Wildman–Crippen MR) is 70.9 cm³/mol. The highest BCUT2D eigenvalue weighted by molar-refractivity contribution is 5.85. The molecule has 0 aliphatic heterocycles. The molecule has 0 heterocycles. The van der Waals surface area contributed by atoms with Gasteiger partial charge in [-0.2, -0.15) is 5.90 Å². The van der Waals surface area contributed by atoms with Gasteiger partial charge in [-0.3, -0.25) is 0 Å². The molecule has 0 saturated carbocycles. The summed E-state index contributed by atoms with van der Waals surface area (Å²) in [6.07, 6.45) is 1.05. The molecule has 3 nitrogen and oxygen atoms in total. The van der Waals surface area contributed by atoms with Gasteiger partial charge >= 0.3 is 5.97 Å². The zero-order valence-corrected chi connectivity index (χ0v) is 11.3. The van der Waals surface area contributed by atoms with Crippen LogP contribution in [0, 0.1) is 5.92 Å². The zero-order chi connectivity index (χ0) is 12.1. The maximum absolute atomic E-state index is 11.2. The van der Waals surface area contributed by atoms with E-state index >= 15 is 0 Å². The fraction of sp³-hybridized carbons (Fsp3) is 0.462. The molecule has 1 aromatic rings. The lowest BCUT2D eigenvalue weighted by Gasteiger charge is -2.10. The van der Waals surface area contributed by atoms with E-state index in [1.54, 1.807) is 6.92 Å². The molecule has 0 saturated heterocycles. The average molecular weight is 258 g/mol. The minimum absolute atomic E-state index is 0. The van der Waals surface area contributed by atoms with Gasteiger partial charge in [-0.15, -0.1) is 12.4 Å². The first kappa shape index (κ1) is 15.9. The van der Waals surface area contributed by atoms with Crippen LogP contribution >= 0.6 is 12.4 Å². The van der Waals surface area contributed by atoms with Crippen LogP contribution in [0.4, 0.5) is 0 Å². The number of benzene rings is 1. The number of carbonyl (C=O) groups excluding carboxylic acids is 1. The summed E-state index contributed by atoms with van der Waals surface area (Å²) in [5, 5.41) is 0. The highest BCUT2D eigenvalue weighted by Gasteiger charge is 2.15. The zero-order valence-electron chi connectivity index (χ0n) is 10.5. The van der Waals surface area contributed by atoms with Crippen molar-refractivity contribution in [2.24, 2.45) is 11.8 Å². The van der Waals surface area contributed by atoms with Crippen LogP contribution in [0.5, 0.6) is 0 Å². The summed E-state index contributed by atoms with van der Waals surface area (Å²) < 4.78 is 0. The van der Waals surface area contributed by atoms with Crippen LogP contribution in [-0.4, -0.2) is 5.97 Å². The van der Waals surface area contributed by atoms with Crippen LogP contribution < -0.4 is 5.90 Å². The number of rotatable bonds is 4. The van der Waals surface area contributed by atoms with E-state index in [9.17, 15) is 4.79 Å². The van der Waals surface area contributed by atoms with Crippen LogP contribution in [0.3, 0.4) is 0 Å². The van der Waals surface area contributed by atoms with Crippen LogP contribution in [0.2, 0.25) is 0 Å². The van der Waals surface area contributed by atoms with E-state index in [1.807, 2.05) is 12.1 Å². The molecule has 0 radical (unpaired) electrons. The van der Waals surface area contributed by atoms with E-state index in [0.29, 0.717) is 5.92 Å². The van der Waals surface area contributed by atoms with E-state index in [2.05, 4.69) is 30.8 Å². The molecule has 17 heavy (non-hydrogen) atoms. The molecule has 0 aromatic heterocycles. The van der Waals surface area contributed by atoms with E-state index in [1.165, 1.54) is 5.56 Å². The van der Waals surface area contributed by atoms with E-state index < -0.39 is 5.97 Å². The van der Waals surface area contributed by atoms with E-state index in [-0.39, 0.29) is 18.3 Å². The fourth-order valence-corrected chi connectivity index (χ4v) is 1.65. The molecular formula is C13H20ClNO2. The fourth-order valence-electron chi connectivity index (χ4n) is 1.65. The molecule has 1 atom stereocenters. The average Bonchev–Trinajstić information content (AvgIpc) is 2.27. The van der Waals surface area contributed by atoms with Crippen molar-refractivity contribution in [2.75, 3.05) is 0 Å². The second-order valence-corrected chi connectivity index (χ2v) is 4.50. The minimum atomic E-state index is -0.406. The maximum Gasteiger partial charge on any atom is 0.331 e. The van der Waals surface area contributed by atoms with E-state index in [0.717, 1.165) is 12.0 Å². The Morgan fingerprint density at radius 3 is 2.18 bits per heavy atom. The summed E-state index contributed by atoms with van der Waals surface area (Å²) in [7, 11) is 0. The Morgan fingerprint density at radius 1 is 1.24 bits per heavy atom. The Labute approximate surface area is 109 Å². The van der Waals surface area contributed by atoms with Crippen LogP contribution in [0.15, 0.2) is 24.3 Å². The lowest BCUT2D eigenvalue weighted by Crippen LogP contribution is -2.16. The molecule has 1 rings (SSSR count). The lowest BCUT2D eigenvalue weighted by molar-refractivity contribution is -0.145. The third kappa shape index (κ3) is 4.75. The molecule has 4 heteroatoms. The van der Waals surface area contributed by atoms with Gasteiger partial charge in [0.2, 0.25) is 0 Å². The van der Waals surface area contributed by atoms with Gasteiger partial charge in [-0.1, -0.05) is 38.1 Å². The summed E-state index contributed by atoms with van der Waals surface area (Å²) in [5.41, 5.74) is 2.22. The normalized spacial score (nSPS) is 11.8. The van der Waals surface area contributed by atoms with Crippen molar-refractivity contribution in [1.82, 2.24) is 0 Å². The van der Waals surface area contributed by atoms with Crippen molar-refractivity contribution in [2.45, 2.75) is 33.1 Å². The van der Waals surface area contributed by atoms with Gasteiger partial charge in [0.1, 0.15) is 0 Å². The predicted octanol–water partition coefficient (Wildman–Crippen LogP) is 2.83. The first-order chi connectivity index (χ1) is 7.54. The summed E-state index contributed by atoms with van der Waals surface area (Å²) in [6.45, 7) is 6.15. The smallest absolute Gasteiger partial charge is 0.331 e. The molecule has 0 fully saturated rings. The molecule has 0 spiro atoms. The number of hydrogen-bond donors (Lipinski definition) is 1. The first-order valence-electron chi connectivity index (χ1n) is 5.54. The van der Waals surface area contributed by atoms with Gasteiger partial charge in [0.05, 0.1) is 5.92 Å². The van der Waals surface area contributed by atoms with Gasteiger partial charge in [0.15, 0.2) is 0 Å². The molecule has 0 aliphatic carbocycles. The SMILES string of the molecule is CC(C)Cc1ccc(C(C)C(=O)ON)cc1.Cl. The van der Waals surface area contributed by atoms with Gasteiger partial charge in [0.25, 0.3) is 0 Å². The number of halogens is 1. The molecule has 96 valence electrons. The highest BCUT2D eigenvalue weighted by Crippen LogP contribution is 2.18. The van der Waals surface area contributed by atoms with E-state index in [4.69, 9.17) is 5.90 Å². The molecule has 1 unspecified atom stereocenters. The number of nitrogens with two attached hydrogens (primary N) is 1. The van der Waals surface area contributed by atoms with Crippen molar-refractivity contribution in [3.63, 3.8) is 0 Å². The van der Waals surface area contributed by atoms with Crippen molar-refractivity contribution < 1.29 is 9.63 Å². The Kier molecular flexibility index (Phi) is 6.85. The van der Waals surface area contributed by atoms with Gasteiger partial charge in [-0.25, -0.2) is 4.79 Å². The monoisotopic (exact) mass is 257 g/mol. The Bertz CT molecular complexity index is 349. The Morgan fingerprint density at radius 2 is 1.76 bits per heavy atom. The summed E-state index contributed by atoms with van der Waals surface area (Å²) in [5.74, 6) is 4.78. The van der Waals surface area contributed by atoms with Crippen LogP contribution in [-0.2, 0) is 16.1 Å². The van der Waals surface area contributed by atoms with Crippen molar-refractivity contribution in [3.05, 3.63) is 35.4 Å². The topological polar surface area (TPSA) is 52.3 Å². The third-order valence-corrected chi connectivity index (χ3v) is 2.59. The molecule has 0 amide bonds. The largest absolute Gasteiger partial charge is 0.373 e. The van der Waals surface area contributed by atoms with Gasteiger partial charge < -0.3 is 4.84 Å². The molecule has 0 bridgehead atoms. The lowest BCUT2D eigenvalue weighted by atomic mass is 9.97. The van der Waals surface area contributed by atoms with Crippen LogP contribution in [0.25, 0.3) is 0 Å². The van der Waals surface area contributed by atoms with Gasteiger partial charge in [-0.05, 0) is 30.4 Å². The van der Waals surface area contributed by atoms with Crippen molar-refractivity contribution in [1.29, 1.82) is 0 Å². The molecule has 2 N–H and O–H groups in total. The second-order valence-electron chi connectivity index (χ2n) is 4.50. The maximum atomic E-state index is 11.2. The quantitative estimate of drug-likeness (QED) is 0.844. The molecule has 0 aliphatic rings.